The van der Waals surface area contributed by atoms with Gasteiger partial charge in [0, 0.05) is 12.1 Å². The second kappa shape index (κ2) is 7.20. The number of carbonyl (C=O) groups is 1. The number of rotatable bonds is 5. The summed E-state index contributed by atoms with van der Waals surface area (Å²) in [6.45, 7) is 2.54. The largest absolute Gasteiger partial charge is 0.462 e. The highest BCUT2D eigenvalue weighted by Crippen LogP contribution is 2.30. The topological polar surface area (TPSA) is 69.4 Å². The number of nitrogens with zero attached hydrogens (tertiary/aromatic N) is 1. The molecule has 1 fully saturated rings. The Balaban J connectivity index is 1.84. The van der Waals surface area contributed by atoms with Crippen LogP contribution in [0.5, 0.6) is 0 Å². The van der Waals surface area contributed by atoms with Gasteiger partial charge in [0.05, 0.1) is 17.1 Å². The monoisotopic (exact) mass is 291 g/mol. The van der Waals surface area contributed by atoms with Gasteiger partial charge in [0.25, 0.3) is 5.69 Å². The number of nitro benzene ring substituents is 1. The van der Waals surface area contributed by atoms with E-state index in [-0.39, 0.29) is 5.69 Å². The van der Waals surface area contributed by atoms with Gasteiger partial charge in [-0.3, -0.25) is 10.1 Å². The van der Waals surface area contributed by atoms with Crippen molar-refractivity contribution in [1.82, 2.24) is 0 Å². The molecule has 2 rings (SSSR count). The molecule has 5 nitrogen and oxygen atoms in total. The van der Waals surface area contributed by atoms with Gasteiger partial charge in [0.15, 0.2) is 0 Å². The summed E-state index contributed by atoms with van der Waals surface area (Å²) in [6, 6.07) is 5.51. The van der Waals surface area contributed by atoms with E-state index in [1.807, 2.05) is 0 Å². The lowest BCUT2D eigenvalue weighted by Crippen LogP contribution is -2.21. The zero-order chi connectivity index (χ0) is 15.2. The molecule has 0 aliphatic heterocycles. The minimum atomic E-state index is -0.486. The number of ether oxygens (including phenoxy) is 1. The van der Waals surface area contributed by atoms with E-state index in [1.54, 1.807) is 0 Å². The molecule has 5 heteroatoms. The highest BCUT2D eigenvalue weighted by molar-refractivity contribution is 5.89. The number of benzene rings is 1. The maximum Gasteiger partial charge on any atom is 0.338 e. The van der Waals surface area contributed by atoms with Gasteiger partial charge >= 0.3 is 5.97 Å². The molecule has 1 atom stereocenters. The van der Waals surface area contributed by atoms with Gasteiger partial charge in [-0.1, -0.05) is 39.0 Å². The van der Waals surface area contributed by atoms with Gasteiger partial charge in [-0.15, -0.1) is 0 Å². The Labute approximate surface area is 124 Å². The molecule has 21 heavy (non-hydrogen) atoms. The van der Waals surface area contributed by atoms with Gasteiger partial charge in [-0.2, -0.15) is 0 Å². The van der Waals surface area contributed by atoms with Crippen LogP contribution in [0.4, 0.5) is 5.69 Å². The third-order valence-corrected chi connectivity index (χ3v) is 4.25. The first-order valence-corrected chi connectivity index (χ1v) is 7.49. The number of hydrogen-bond donors (Lipinski definition) is 0. The molecular weight excluding hydrogens is 270 g/mol. The summed E-state index contributed by atoms with van der Waals surface area (Å²) in [4.78, 5) is 22.0. The lowest BCUT2D eigenvalue weighted by molar-refractivity contribution is -0.384. The molecule has 0 bridgehead atoms. The summed E-state index contributed by atoms with van der Waals surface area (Å²) in [5.41, 5.74) is 0.332. The van der Waals surface area contributed by atoms with Crippen molar-refractivity contribution >= 4 is 11.7 Å². The van der Waals surface area contributed by atoms with Crippen LogP contribution in [0.15, 0.2) is 24.3 Å². The quantitative estimate of drug-likeness (QED) is 0.467. The number of carbonyl (C=O) groups excluding carboxylic acids is 1. The molecule has 0 radical (unpaired) electrons. The molecule has 0 unspecified atom stereocenters. The molecule has 0 spiro atoms. The summed E-state index contributed by atoms with van der Waals surface area (Å²) in [5, 5.41) is 10.6. The van der Waals surface area contributed by atoms with E-state index < -0.39 is 10.9 Å². The fraction of sp³-hybridized carbons (Fsp3) is 0.562. The van der Waals surface area contributed by atoms with Crippen molar-refractivity contribution in [1.29, 1.82) is 0 Å². The van der Waals surface area contributed by atoms with Crippen molar-refractivity contribution in [2.45, 2.75) is 39.0 Å². The summed E-state index contributed by atoms with van der Waals surface area (Å²) < 4.78 is 5.33. The van der Waals surface area contributed by atoms with Crippen LogP contribution < -0.4 is 0 Å². The molecule has 1 saturated carbocycles. The summed E-state index contributed by atoms with van der Waals surface area (Å²) in [5.74, 6) is 0.600. The normalized spacial score (nSPS) is 17.2. The summed E-state index contributed by atoms with van der Waals surface area (Å²) in [7, 11) is 0. The van der Waals surface area contributed by atoms with Gasteiger partial charge in [-0.25, -0.2) is 4.79 Å². The molecule has 0 amide bonds. The van der Waals surface area contributed by atoms with Crippen LogP contribution in [0, 0.1) is 22.0 Å². The van der Waals surface area contributed by atoms with Gasteiger partial charge in [0.2, 0.25) is 0 Å². The van der Waals surface area contributed by atoms with Crippen molar-refractivity contribution in [3.63, 3.8) is 0 Å². The van der Waals surface area contributed by atoms with E-state index in [0.717, 1.165) is 0 Å². The van der Waals surface area contributed by atoms with Crippen LogP contribution in [0.25, 0.3) is 0 Å². The van der Waals surface area contributed by atoms with E-state index in [9.17, 15) is 14.9 Å². The maximum atomic E-state index is 11.9. The van der Waals surface area contributed by atoms with E-state index >= 15 is 0 Å². The molecule has 0 N–H and O–H groups in total. The Morgan fingerprint density at radius 2 is 1.90 bits per heavy atom. The predicted molar refractivity (Wildman–Crippen MR) is 79.1 cm³/mol. The number of esters is 1. The first-order chi connectivity index (χ1) is 10.1. The Morgan fingerprint density at radius 3 is 2.48 bits per heavy atom. The Kier molecular flexibility index (Phi) is 5.31. The van der Waals surface area contributed by atoms with Gasteiger partial charge in [0.1, 0.15) is 0 Å². The molecular formula is C16H21NO4. The van der Waals surface area contributed by atoms with Crippen molar-refractivity contribution in [2.24, 2.45) is 11.8 Å². The van der Waals surface area contributed by atoms with Crippen LogP contribution in [-0.4, -0.2) is 17.5 Å². The minimum absolute atomic E-state index is 0.0258. The number of hydrogen-bond acceptors (Lipinski definition) is 4. The van der Waals surface area contributed by atoms with Crippen molar-refractivity contribution < 1.29 is 14.5 Å². The zero-order valence-electron chi connectivity index (χ0n) is 12.3. The van der Waals surface area contributed by atoms with Crippen LogP contribution >= 0.6 is 0 Å². The van der Waals surface area contributed by atoms with Gasteiger partial charge < -0.3 is 4.74 Å². The average Bonchev–Trinajstić information content (AvgIpc) is 2.53. The second-order valence-electron chi connectivity index (χ2n) is 5.78. The van der Waals surface area contributed by atoms with E-state index in [2.05, 4.69) is 6.92 Å². The summed E-state index contributed by atoms with van der Waals surface area (Å²) >= 11 is 0. The molecule has 1 aliphatic rings. The van der Waals surface area contributed by atoms with Crippen LogP contribution in [-0.2, 0) is 4.74 Å². The van der Waals surface area contributed by atoms with Gasteiger partial charge in [-0.05, 0) is 24.0 Å². The lowest BCUT2D eigenvalue weighted by Gasteiger charge is -2.27. The smallest absolute Gasteiger partial charge is 0.338 e. The van der Waals surface area contributed by atoms with Crippen LogP contribution in [0.2, 0.25) is 0 Å². The first-order valence-electron chi connectivity index (χ1n) is 7.49. The summed E-state index contributed by atoms with van der Waals surface area (Å²) in [6.07, 6.45) is 6.29. The third kappa shape index (κ3) is 4.28. The van der Waals surface area contributed by atoms with Crippen molar-refractivity contribution in [2.75, 3.05) is 6.61 Å². The minimum Gasteiger partial charge on any atom is -0.462 e. The lowest BCUT2D eigenvalue weighted by atomic mass is 9.81. The highest BCUT2D eigenvalue weighted by Gasteiger charge is 2.21. The number of non-ortho nitro benzene ring substituents is 1. The third-order valence-electron chi connectivity index (χ3n) is 4.25. The Bertz CT molecular complexity index is 492. The van der Waals surface area contributed by atoms with E-state index in [1.165, 1.54) is 56.4 Å². The fourth-order valence-electron chi connectivity index (χ4n) is 2.85. The second-order valence-corrected chi connectivity index (χ2v) is 5.78. The molecule has 1 aromatic rings. The molecule has 0 saturated heterocycles. The Hall–Kier alpha value is -1.91. The molecule has 114 valence electrons. The Morgan fingerprint density at radius 1 is 1.29 bits per heavy atom. The van der Waals surface area contributed by atoms with Crippen molar-refractivity contribution in [3.05, 3.63) is 39.9 Å². The first kappa shape index (κ1) is 15.5. The van der Waals surface area contributed by atoms with Crippen LogP contribution in [0.3, 0.4) is 0 Å². The zero-order valence-corrected chi connectivity index (χ0v) is 12.3. The van der Waals surface area contributed by atoms with Crippen molar-refractivity contribution in [3.8, 4) is 0 Å². The molecule has 0 heterocycles. The number of nitro groups is 1. The van der Waals surface area contributed by atoms with E-state index in [0.29, 0.717) is 24.0 Å². The average molecular weight is 291 g/mol. The molecule has 1 aromatic carbocycles. The highest BCUT2D eigenvalue weighted by atomic mass is 16.6. The molecule has 0 aromatic heterocycles. The predicted octanol–water partition coefficient (Wildman–Crippen LogP) is 3.97. The molecule has 1 aliphatic carbocycles. The maximum absolute atomic E-state index is 11.9. The van der Waals surface area contributed by atoms with E-state index in [4.69, 9.17) is 4.74 Å². The SMILES string of the molecule is C[C@@H](COC(=O)c1ccc([N+](=O)[O-])cc1)C1CCCCC1. The standard InChI is InChI=1S/C16H21NO4/c1-12(13-5-3-2-4-6-13)11-21-16(18)14-7-9-15(10-8-14)17(19)20/h7-10,12-13H,2-6,11H2,1H3/t12-/m0/s1. The fourth-order valence-corrected chi connectivity index (χ4v) is 2.85. The van der Waals surface area contributed by atoms with Crippen LogP contribution in [0.1, 0.15) is 49.4 Å².